The molecule has 0 radical (unpaired) electrons. The van der Waals surface area contributed by atoms with Crippen LogP contribution in [0.4, 0.5) is 0 Å². The Labute approximate surface area is 153 Å². The van der Waals surface area contributed by atoms with Gasteiger partial charge in [-0.15, -0.1) is 24.2 Å². The number of halogens is 1. The fourth-order valence-corrected chi connectivity index (χ4v) is 4.17. The molecule has 1 fully saturated rings. The van der Waals surface area contributed by atoms with Gasteiger partial charge < -0.3 is 4.52 Å². The second-order valence-corrected chi connectivity index (χ2v) is 7.21. The molecule has 1 saturated heterocycles. The van der Waals surface area contributed by atoms with Gasteiger partial charge >= 0.3 is 0 Å². The quantitative estimate of drug-likeness (QED) is 0.824. The Morgan fingerprint density at radius 2 is 1.88 bits per heavy atom. The van der Waals surface area contributed by atoms with Crippen molar-refractivity contribution in [1.82, 2.24) is 5.27 Å². The van der Waals surface area contributed by atoms with E-state index in [0.29, 0.717) is 12.1 Å². The number of nitrogens with zero attached hydrogens (tertiary/aromatic N) is 3. The van der Waals surface area contributed by atoms with E-state index in [1.54, 1.807) is 11.8 Å². The van der Waals surface area contributed by atoms with Crippen molar-refractivity contribution in [2.75, 3.05) is 5.01 Å². The fourth-order valence-electron chi connectivity index (χ4n) is 3.20. The number of rotatable bonds is 5. The van der Waals surface area contributed by atoms with Gasteiger partial charge in [0.15, 0.2) is 0 Å². The maximum atomic E-state index is 8.04. The number of benzene rings is 1. The molecule has 1 aromatic heterocycles. The molecule has 2 atom stereocenters. The van der Waals surface area contributed by atoms with Gasteiger partial charge in [0.1, 0.15) is 0 Å². The van der Waals surface area contributed by atoms with Crippen molar-refractivity contribution >= 4 is 24.2 Å². The molecular weight excluding hydrogens is 344 g/mol. The van der Waals surface area contributed by atoms with E-state index in [4.69, 9.17) is 9.93 Å². The largest absolute Gasteiger partial charge is 0.380 e. The Hall–Kier alpha value is -1.40. The standard InChI is InChI=1S/C17H24N4OS.ClH/c1-13-7-6-8-14(2)20(13)21-16(17(18)22-19-21)12-23-11-15-9-4-3-5-10-15;/h3-5,9-10,13-14,18H,6-8,11-12H2,1-2H3;1H. The van der Waals surface area contributed by atoms with Crippen LogP contribution in [0.25, 0.3) is 0 Å². The predicted octanol–water partition coefficient (Wildman–Crippen LogP) is 2.76. The number of nitrogens with one attached hydrogen (secondary N) is 1. The average Bonchev–Trinajstić information content (AvgIpc) is 2.90. The third-order valence-electron chi connectivity index (χ3n) is 4.43. The lowest BCUT2D eigenvalue weighted by Gasteiger charge is -2.39. The van der Waals surface area contributed by atoms with Crippen LogP contribution in [0.1, 0.15) is 44.4 Å². The minimum atomic E-state index is 0. The van der Waals surface area contributed by atoms with Gasteiger partial charge in [-0.3, -0.25) is 10.4 Å². The maximum Gasteiger partial charge on any atom is 0.290 e. The lowest BCUT2D eigenvalue weighted by molar-refractivity contribution is -0.776. The Balaban J connectivity index is 0.00000208. The smallest absolute Gasteiger partial charge is 0.290 e. The molecule has 0 aliphatic carbocycles. The molecule has 1 aromatic carbocycles. The van der Waals surface area contributed by atoms with Crippen LogP contribution in [0.3, 0.4) is 0 Å². The first kappa shape index (κ1) is 18.9. The van der Waals surface area contributed by atoms with Gasteiger partial charge in [0.25, 0.3) is 11.2 Å². The van der Waals surface area contributed by atoms with Crippen molar-refractivity contribution in [3.8, 4) is 0 Å². The van der Waals surface area contributed by atoms with Crippen LogP contribution < -0.4 is 20.6 Å². The summed E-state index contributed by atoms with van der Waals surface area (Å²) >= 11 is 1.79. The van der Waals surface area contributed by atoms with Gasteiger partial charge in [-0.25, -0.2) is 0 Å². The highest BCUT2D eigenvalue weighted by Gasteiger charge is 2.29. The topological polar surface area (TPSA) is 58.2 Å². The highest BCUT2D eigenvalue weighted by Crippen LogP contribution is 2.19. The molecule has 3 rings (SSSR count). The molecule has 0 saturated carbocycles. The molecule has 0 amide bonds. The fraction of sp³-hybridized carbons (Fsp3) is 0.529. The normalized spacial score (nSPS) is 20.7. The summed E-state index contributed by atoms with van der Waals surface area (Å²) in [5.41, 5.74) is 2.33. The second-order valence-electron chi connectivity index (χ2n) is 6.23. The molecule has 132 valence electrons. The van der Waals surface area contributed by atoms with Crippen LogP contribution in [-0.4, -0.2) is 12.1 Å². The van der Waals surface area contributed by atoms with Crippen molar-refractivity contribution < 1.29 is 9.31 Å². The van der Waals surface area contributed by atoms with E-state index in [1.165, 1.54) is 12.0 Å². The summed E-state index contributed by atoms with van der Waals surface area (Å²) < 4.78 is 5.17. The van der Waals surface area contributed by atoms with Crippen LogP contribution in [0, 0.1) is 5.41 Å². The van der Waals surface area contributed by atoms with Crippen molar-refractivity contribution in [1.29, 1.82) is 5.41 Å². The van der Waals surface area contributed by atoms with Crippen molar-refractivity contribution in [2.45, 2.75) is 56.7 Å². The van der Waals surface area contributed by atoms with Gasteiger partial charge in [-0.1, -0.05) is 55.4 Å². The predicted molar refractivity (Wildman–Crippen MR) is 97.8 cm³/mol. The zero-order valence-electron chi connectivity index (χ0n) is 14.1. The lowest BCUT2D eigenvalue weighted by atomic mass is 10.00. The first-order valence-corrected chi connectivity index (χ1v) is 9.35. The summed E-state index contributed by atoms with van der Waals surface area (Å²) in [6.45, 7) is 4.45. The second kappa shape index (κ2) is 8.62. The molecule has 2 aromatic rings. The molecule has 2 unspecified atom stereocenters. The Kier molecular flexibility index (Phi) is 6.80. The Morgan fingerprint density at radius 1 is 1.21 bits per heavy atom. The summed E-state index contributed by atoms with van der Waals surface area (Å²) in [5, 5.41) is 14.4. The third-order valence-corrected chi connectivity index (χ3v) is 5.44. The van der Waals surface area contributed by atoms with Gasteiger partial charge in [-0.05, 0) is 23.7 Å². The summed E-state index contributed by atoms with van der Waals surface area (Å²) in [5.74, 6) is 1.66. The van der Waals surface area contributed by atoms with E-state index in [1.807, 2.05) is 10.9 Å². The van der Waals surface area contributed by atoms with Crippen LogP contribution in [-0.2, 0) is 11.5 Å². The van der Waals surface area contributed by atoms with Crippen molar-refractivity contribution in [3.05, 3.63) is 47.1 Å². The maximum absolute atomic E-state index is 8.04. The summed E-state index contributed by atoms with van der Waals surface area (Å²) in [7, 11) is 0. The van der Waals surface area contributed by atoms with E-state index in [2.05, 4.69) is 48.4 Å². The van der Waals surface area contributed by atoms with Gasteiger partial charge in [0.2, 0.25) is 0 Å². The zero-order chi connectivity index (χ0) is 16.2. The number of hydrogen-bond acceptors (Lipinski definition) is 4. The first-order valence-electron chi connectivity index (χ1n) is 8.19. The highest BCUT2D eigenvalue weighted by atomic mass is 35.5. The molecule has 2 heterocycles. The molecule has 1 aliphatic rings. The van der Waals surface area contributed by atoms with Crippen molar-refractivity contribution in [3.63, 3.8) is 0 Å². The Bertz CT molecular complexity index is 677. The van der Waals surface area contributed by atoms with Crippen LogP contribution in [0.5, 0.6) is 0 Å². The number of piperidine rings is 1. The van der Waals surface area contributed by atoms with Gasteiger partial charge in [-0.2, -0.15) is 0 Å². The average molecular weight is 369 g/mol. The highest BCUT2D eigenvalue weighted by molar-refractivity contribution is 7.97. The lowest BCUT2D eigenvalue weighted by Crippen LogP contribution is -2.70. The van der Waals surface area contributed by atoms with Crippen LogP contribution in [0.15, 0.2) is 34.9 Å². The van der Waals surface area contributed by atoms with E-state index >= 15 is 0 Å². The molecule has 5 nitrogen and oxygen atoms in total. The van der Waals surface area contributed by atoms with Gasteiger partial charge in [0.05, 0.1) is 5.75 Å². The van der Waals surface area contributed by atoms with E-state index in [-0.39, 0.29) is 18.0 Å². The number of hydrogen-bond donors (Lipinski definition) is 1. The summed E-state index contributed by atoms with van der Waals surface area (Å²) in [6.07, 6.45) is 3.57. The van der Waals surface area contributed by atoms with Gasteiger partial charge in [0, 0.05) is 17.8 Å². The van der Waals surface area contributed by atoms with E-state index in [0.717, 1.165) is 30.0 Å². The number of thioether (sulfide) groups is 1. The van der Waals surface area contributed by atoms with E-state index < -0.39 is 0 Å². The SMILES string of the molecule is CC1CCCC(C)N1[n+]1[n-]oc(=N)c1CSCc1ccccc1.Cl. The zero-order valence-corrected chi connectivity index (χ0v) is 15.8. The summed E-state index contributed by atoms with van der Waals surface area (Å²) in [4.78, 5) is 1.84. The van der Waals surface area contributed by atoms with Crippen LogP contribution in [0.2, 0.25) is 0 Å². The Morgan fingerprint density at radius 3 is 2.54 bits per heavy atom. The molecule has 24 heavy (non-hydrogen) atoms. The minimum absolute atomic E-state index is 0. The monoisotopic (exact) mass is 368 g/mol. The molecule has 7 heteroatoms. The molecular formula is C17H25ClN4OS. The van der Waals surface area contributed by atoms with Crippen molar-refractivity contribution in [2.24, 2.45) is 0 Å². The number of aromatic nitrogens is 2. The molecule has 1 aliphatic heterocycles. The van der Waals surface area contributed by atoms with Crippen LogP contribution >= 0.6 is 24.2 Å². The molecule has 0 spiro atoms. The van der Waals surface area contributed by atoms with E-state index in [9.17, 15) is 0 Å². The first-order chi connectivity index (χ1) is 11.2. The summed E-state index contributed by atoms with van der Waals surface area (Å²) in [6, 6.07) is 11.3. The minimum Gasteiger partial charge on any atom is -0.380 e. The molecule has 1 N–H and O–H groups in total. The third kappa shape index (κ3) is 4.16. The molecule has 0 bridgehead atoms.